The van der Waals surface area contributed by atoms with Crippen LogP contribution in [0.25, 0.3) is 22.6 Å². The number of nitrogens with one attached hydrogen (secondary N) is 1. The highest BCUT2D eigenvalue weighted by molar-refractivity contribution is 5.76. The maximum atomic E-state index is 13.5. The summed E-state index contributed by atoms with van der Waals surface area (Å²) in [5.41, 5.74) is 3.33. The molecular formula is C28H25F2N7O. The number of nitriles is 1. The smallest absolute Gasteiger partial charge is 0.226 e. The maximum absolute atomic E-state index is 13.5. The fourth-order valence-electron chi connectivity index (χ4n) is 4.47. The van der Waals surface area contributed by atoms with Crippen LogP contribution >= 0.6 is 0 Å². The lowest BCUT2D eigenvalue weighted by molar-refractivity contribution is -0.131. The minimum Gasteiger partial charge on any atom is -0.341 e. The highest BCUT2D eigenvalue weighted by Gasteiger charge is 2.23. The number of carbonyl (C=O) groups excluding carboxylic acids is 1. The summed E-state index contributed by atoms with van der Waals surface area (Å²) in [5.74, 6) is 0.490. The molecule has 192 valence electrons. The lowest BCUT2D eigenvalue weighted by Gasteiger charge is -2.34. The largest absolute Gasteiger partial charge is 0.341 e. The molecule has 0 spiro atoms. The number of amides is 1. The van der Waals surface area contributed by atoms with E-state index in [0.29, 0.717) is 68.6 Å². The van der Waals surface area contributed by atoms with Gasteiger partial charge in [0.15, 0.2) is 0 Å². The molecule has 8 nitrogen and oxygen atoms in total. The SMILES string of the molecule is N#Cc1ccnc(N2CCN(C(=O)CCCc3[nH]c(-c4ccc(F)cc4)nc3-c3ccc(F)cc3)CC2)n1. The number of benzene rings is 2. The van der Waals surface area contributed by atoms with E-state index in [1.54, 1.807) is 36.5 Å². The van der Waals surface area contributed by atoms with Crippen LogP contribution in [0, 0.1) is 23.0 Å². The molecule has 4 aromatic rings. The first kappa shape index (κ1) is 25.0. The first-order valence-corrected chi connectivity index (χ1v) is 12.4. The van der Waals surface area contributed by atoms with Crippen molar-refractivity contribution in [3.05, 3.63) is 83.8 Å². The minimum atomic E-state index is -0.334. The van der Waals surface area contributed by atoms with Crippen molar-refractivity contribution in [1.29, 1.82) is 5.26 Å². The van der Waals surface area contributed by atoms with Gasteiger partial charge in [0.1, 0.15) is 29.2 Å². The van der Waals surface area contributed by atoms with E-state index in [-0.39, 0.29) is 17.5 Å². The Morgan fingerprint density at radius 2 is 1.58 bits per heavy atom. The van der Waals surface area contributed by atoms with Gasteiger partial charge in [0.2, 0.25) is 11.9 Å². The average Bonchev–Trinajstić information content (AvgIpc) is 3.38. The van der Waals surface area contributed by atoms with E-state index in [1.165, 1.54) is 24.3 Å². The molecule has 0 atom stereocenters. The summed E-state index contributed by atoms with van der Waals surface area (Å²) >= 11 is 0. The zero-order valence-electron chi connectivity index (χ0n) is 20.6. The number of hydrogen-bond acceptors (Lipinski definition) is 6. The van der Waals surface area contributed by atoms with E-state index in [1.807, 2.05) is 15.9 Å². The van der Waals surface area contributed by atoms with Gasteiger partial charge in [0.05, 0.1) is 5.69 Å². The summed E-state index contributed by atoms with van der Waals surface area (Å²) in [6, 6.07) is 15.7. The van der Waals surface area contributed by atoms with Crippen LogP contribution in [0.4, 0.5) is 14.7 Å². The van der Waals surface area contributed by atoms with Gasteiger partial charge in [0.25, 0.3) is 0 Å². The van der Waals surface area contributed by atoms with Gasteiger partial charge < -0.3 is 14.8 Å². The molecule has 0 saturated carbocycles. The molecule has 1 N–H and O–H groups in total. The summed E-state index contributed by atoms with van der Waals surface area (Å²) < 4.78 is 26.9. The van der Waals surface area contributed by atoms with Crippen LogP contribution in [0.2, 0.25) is 0 Å². The van der Waals surface area contributed by atoms with Gasteiger partial charge in [-0.15, -0.1) is 0 Å². The summed E-state index contributed by atoms with van der Waals surface area (Å²) in [6.45, 7) is 2.30. The third-order valence-electron chi connectivity index (χ3n) is 6.50. The molecule has 2 aromatic heterocycles. The fourth-order valence-corrected chi connectivity index (χ4v) is 4.47. The predicted molar refractivity (Wildman–Crippen MR) is 138 cm³/mol. The molecule has 38 heavy (non-hydrogen) atoms. The normalized spacial score (nSPS) is 13.4. The molecule has 10 heteroatoms. The zero-order chi connectivity index (χ0) is 26.5. The number of aryl methyl sites for hydroxylation is 1. The van der Waals surface area contributed by atoms with Crippen LogP contribution in [0.1, 0.15) is 24.2 Å². The van der Waals surface area contributed by atoms with Crippen LogP contribution < -0.4 is 4.90 Å². The Morgan fingerprint density at radius 3 is 2.24 bits per heavy atom. The van der Waals surface area contributed by atoms with E-state index < -0.39 is 0 Å². The number of rotatable bonds is 7. The van der Waals surface area contributed by atoms with Crippen molar-refractivity contribution in [2.24, 2.45) is 0 Å². The Hall–Kier alpha value is -4.65. The summed E-state index contributed by atoms with van der Waals surface area (Å²) in [5, 5.41) is 9.06. The lowest BCUT2D eigenvalue weighted by Crippen LogP contribution is -2.49. The minimum absolute atomic E-state index is 0.0675. The number of piperazine rings is 1. The molecule has 1 aliphatic heterocycles. The van der Waals surface area contributed by atoms with Crippen LogP contribution in [-0.2, 0) is 11.2 Å². The first-order valence-electron chi connectivity index (χ1n) is 12.4. The van der Waals surface area contributed by atoms with Crippen molar-refractivity contribution in [2.75, 3.05) is 31.1 Å². The number of nitrogens with zero attached hydrogens (tertiary/aromatic N) is 6. The van der Waals surface area contributed by atoms with Crippen LogP contribution in [0.15, 0.2) is 60.8 Å². The standard InChI is InChI=1S/C28H25F2N7O/c29-21-8-4-19(5-9-21)26-24(34-27(35-26)20-6-10-22(30)11-7-20)2-1-3-25(38)36-14-16-37(17-15-36)28-32-13-12-23(18-31)33-28/h4-13H,1-3,14-17H2,(H,34,35). The molecule has 1 aliphatic rings. The molecule has 1 saturated heterocycles. The quantitative estimate of drug-likeness (QED) is 0.394. The summed E-state index contributed by atoms with van der Waals surface area (Å²) in [6.07, 6.45) is 3.11. The van der Waals surface area contributed by atoms with Gasteiger partial charge in [0, 0.05) is 55.6 Å². The summed E-state index contributed by atoms with van der Waals surface area (Å²) in [7, 11) is 0. The molecule has 0 aliphatic carbocycles. The third kappa shape index (κ3) is 5.67. The average molecular weight is 514 g/mol. The highest BCUT2D eigenvalue weighted by atomic mass is 19.1. The topological polar surface area (TPSA) is 102 Å². The van der Waals surface area contributed by atoms with Gasteiger partial charge in [-0.05, 0) is 67.4 Å². The van der Waals surface area contributed by atoms with Crippen LogP contribution in [0.3, 0.4) is 0 Å². The number of halogens is 2. The second kappa shape index (κ2) is 11.2. The Morgan fingerprint density at radius 1 is 0.921 bits per heavy atom. The Labute approximate surface area is 218 Å². The molecular weight excluding hydrogens is 488 g/mol. The molecule has 0 radical (unpaired) electrons. The van der Waals surface area contributed by atoms with Crippen molar-refractivity contribution < 1.29 is 13.6 Å². The second-order valence-electron chi connectivity index (χ2n) is 9.00. The molecule has 1 amide bonds. The predicted octanol–water partition coefficient (Wildman–Crippen LogP) is 4.36. The van der Waals surface area contributed by atoms with Crippen molar-refractivity contribution in [3.8, 4) is 28.7 Å². The van der Waals surface area contributed by atoms with Crippen molar-refractivity contribution in [1.82, 2.24) is 24.8 Å². The van der Waals surface area contributed by atoms with E-state index in [0.717, 1.165) is 16.8 Å². The lowest BCUT2D eigenvalue weighted by atomic mass is 10.1. The Bertz CT molecular complexity index is 1450. The molecule has 0 bridgehead atoms. The van der Waals surface area contributed by atoms with Crippen LogP contribution in [0.5, 0.6) is 0 Å². The van der Waals surface area contributed by atoms with Crippen LogP contribution in [-0.4, -0.2) is 56.9 Å². The number of anilines is 1. The van der Waals surface area contributed by atoms with E-state index >= 15 is 0 Å². The second-order valence-corrected chi connectivity index (χ2v) is 9.00. The Kier molecular flexibility index (Phi) is 7.35. The number of imidazole rings is 1. The van der Waals surface area contributed by atoms with Crippen molar-refractivity contribution >= 4 is 11.9 Å². The molecule has 1 fully saturated rings. The monoisotopic (exact) mass is 513 g/mol. The molecule has 3 heterocycles. The van der Waals surface area contributed by atoms with E-state index in [2.05, 4.69) is 15.0 Å². The Balaban J connectivity index is 1.22. The molecule has 0 unspecified atom stereocenters. The maximum Gasteiger partial charge on any atom is 0.226 e. The van der Waals surface area contributed by atoms with E-state index in [9.17, 15) is 13.6 Å². The third-order valence-corrected chi connectivity index (χ3v) is 6.50. The highest BCUT2D eigenvalue weighted by Crippen LogP contribution is 2.28. The number of H-pyrrole nitrogens is 1. The van der Waals surface area contributed by atoms with Gasteiger partial charge in [-0.3, -0.25) is 4.79 Å². The molecule has 2 aromatic carbocycles. The van der Waals surface area contributed by atoms with E-state index in [4.69, 9.17) is 10.2 Å². The fraction of sp³-hybridized carbons (Fsp3) is 0.250. The van der Waals surface area contributed by atoms with Gasteiger partial charge >= 0.3 is 0 Å². The van der Waals surface area contributed by atoms with Gasteiger partial charge in [-0.25, -0.2) is 23.7 Å². The van der Waals surface area contributed by atoms with Gasteiger partial charge in [-0.1, -0.05) is 0 Å². The van der Waals surface area contributed by atoms with Crippen molar-refractivity contribution in [2.45, 2.75) is 19.3 Å². The number of carbonyl (C=O) groups is 1. The van der Waals surface area contributed by atoms with Crippen molar-refractivity contribution in [3.63, 3.8) is 0 Å². The first-order chi connectivity index (χ1) is 18.5. The number of hydrogen-bond donors (Lipinski definition) is 1. The zero-order valence-corrected chi connectivity index (χ0v) is 20.6. The number of aromatic nitrogens is 4. The summed E-state index contributed by atoms with van der Waals surface area (Å²) in [4.78, 5) is 33.2. The molecule has 5 rings (SSSR count). The number of aromatic amines is 1. The van der Waals surface area contributed by atoms with Gasteiger partial charge in [-0.2, -0.15) is 5.26 Å².